The first-order chi connectivity index (χ1) is 20.1. The number of aromatic hydroxyl groups is 1. The van der Waals surface area contributed by atoms with Gasteiger partial charge in [0.05, 0.1) is 10.7 Å². The molecule has 220 valence electrons. The van der Waals surface area contributed by atoms with Crippen molar-refractivity contribution in [3.8, 4) is 5.75 Å². The minimum Gasteiger partial charge on any atom is -0.504 e. The van der Waals surface area contributed by atoms with Crippen LogP contribution in [0.4, 0.5) is 10.8 Å². The molecule has 0 bridgehead atoms. The molecule has 42 heavy (non-hydrogen) atoms. The second kappa shape index (κ2) is 12.7. The molecule has 2 aliphatic rings. The Kier molecular flexibility index (Phi) is 9.07. The van der Waals surface area contributed by atoms with Crippen LogP contribution in [0.25, 0.3) is 0 Å². The smallest absolute Gasteiger partial charge is 0.276 e. The maximum absolute atomic E-state index is 13.2. The number of β-lactam (4-membered cyclic amide) rings is 1. The fourth-order valence-electron chi connectivity index (χ4n) is 3.75. The van der Waals surface area contributed by atoms with E-state index in [1.165, 1.54) is 41.0 Å². The summed E-state index contributed by atoms with van der Waals surface area (Å²) in [6.45, 7) is -0.634. The highest BCUT2D eigenvalue weighted by Crippen LogP contribution is 2.37. The Morgan fingerprint density at radius 2 is 2.17 bits per heavy atom. The van der Waals surface area contributed by atoms with Crippen LogP contribution in [0.5, 0.6) is 5.75 Å². The molecule has 2 aliphatic heterocycles. The molecule has 0 radical (unpaired) electrons. The molecule has 2 aromatic heterocycles. The number of anilines is 2. The number of tetrazole rings is 1. The Morgan fingerprint density at radius 3 is 2.88 bits per heavy atom. The number of aromatic nitrogens is 5. The monoisotopic (exact) mass is 670 g/mol. The van der Waals surface area contributed by atoms with Crippen molar-refractivity contribution in [3.05, 3.63) is 45.0 Å². The van der Waals surface area contributed by atoms with Crippen LogP contribution in [-0.4, -0.2) is 88.2 Å². The zero-order valence-electron chi connectivity index (χ0n) is 21.4. The third-order valence-electron chi connectivity index (χ3n) is 5.73. The highest BCUT2D eigenvalue weighted by atomic mass is 35.5. The number of benzene rings is 1. The number of thiazole rings is 1. The van der Waals surface area contributed by atoms with Crippen molar-refractivity contribution >= 4 is 92.3 Å². The molecule has 20 heteroatoms. The molecule has 1 aromatic carbocycles. The van der Waals surface area contributed by atoms with Gasteiger partial charge in [-0.05, 0) is 28.1 Å². The molecule has 0 saturated carbocycles. The summed E-state index contributed by atoms with van der Waals surface area (Å²) < 4.78 is 1.57. The first-order valence-electron chi connectivity index (χ1n) is 11.8. The number of nitrogen functional groups attached to an aromatic ring is 1. The van der Waals surface area contributed by atoms with Crippen molar-refractivity contribution in [2.24, 2.45) is 12.2 Å². The minimum atomic E-state index is -0.809. The lowest BCUT2D eigenvalue weighted by Crippen LogP contribution is -2.69. The zero-order chi connectivity index (χ0) is 30.0. The molecule has 15 nitrogen and oxygen atoms in total. The van der Waals surface area contributed by atoms with Gasteiger partial charge in [0.25, 0.3) is 17.7 Å². The largest absolute Gasteiger partial charge is 0.504 e. The first-order valence-corrected chi connectivity index (χ1v) is 15.5. The topological polar surface area (TPSA) is 203 Å². The number of oxime groups is 1. The number of nitrogens with one attached hydrogen (secondary N) is 2. The summed E-state index contributed by atoms with van der Waals surface area (Å²) in [5.74, 6) is -0.872. The van der Waals surface area contributed by atoms with Crippen LogP contribution >= 0.6 is 58.1 Å². The van der Waals surface area contributed by atoms with E-state index in [-0.39, 0.29) is 49.3 Å². The van der Waals surface area contributed by atoms with E-state index in [1.807, 2.05) is 0 Å². The lowest BCUT2D eigenvalue weighted by atomic mass is 10.1. The maximum Gasteiger partial charge on any atom is 0.276 e. The van der Waals surface area contributed by atoms with Crippen molar-refractivity contribution < 1.29 is 24.3 Å². The second-order valence-electron chi connectivity index (χ2n) is 8.68. The van der Waals surface area contributed by atoms with Gasteiger partial charge in [-0.25, -0.2) is 9.67 Å². The molecule has 5 N–H and O–H groups in total. The number of nitrogens with zero attached hydrogens (tertiary/aromatic N) is 7. The Morgan fingerprint density at radius 1 is 1.36 bits per heavy atom. The van der Waals surface area contributed by atoms with Crippen molar-refractivity contribution in [1.82, 2.24) is 35.4 Å². The van der Waals surface area contributed by atoms with Crippen LogP contribution < -0.4 is 16.4 Å². The fourth-order valence-corrected chi connectivity index (χ4v) is 7.00. The first kappa shape index (κ1) is 29.9. The molecular formula is C22H20Cl2N10O5S3. The highest BCUT2D eigenvalue weighted by molar-refractivity contribution is 8.01. The lowest BCUT2D eigenvalue weighted by molar-refractivity contribution is -0.143. The van der Waals surface area contributed by atoms with Crippen molar-refractivity contribution in [2.75, 3.05) is 29.2 Å². The number of phenolic OH excluding ortho intramolecular Hbond substituents is 1. The molecule has 2 atom stereocenters. The number of fused-ring (bicyclic) bond motifs is 1. The third-order valence-corrected chi connectivity index (χ3v) is 9.41. The van der Waals surface area contributed by atoms with E-state index < -0.39 is 24.5 Å². The van der Waals surface area contributed by atoms with E-state index in [0.29, 0.717) is 16.7 Å². The summed E-state index contributed by atoms with van der Waals surface area (Å²) >= 11 is 15.8. The van der Waals surface area contributed by atoms with Crippen molar-refractivity contribution in [2.45, 2.75) is 16.6 Å². The Labute approximate surface area is 259 Å². The van der Waals surface area contributed by atoms with Gasteiger partial charge in [-0.2, -0.15) is 0 Å². The summed E-state index contributed by atoms with van der Waals surface area (Å²) in [4.78, 5) is 49.2. The van der Waals surface area contributed by atoms with Gasteiger partial charge in [0.2, 0.25) is 5.16 Å². The molecular weight excluding hydrogens is 651 g/mol. The van der Waals surface area contributed by atoms with E-state index >= 15 is 0 Å². The molecule has 0 spiro atoms. The summed E-state index contributed by atoms with van der Waals surface area (Å²) in [6, 6.07) is 1.80. The Bertz CT molecular complexity index is 1610. The number of aryl methyl sites for hydroxylation is 1. The number of halogens is 2. The Hall–Kier alpha value is -3.58. The standard InChI is InChI=1S/C22H20Cl2N10O5S3/c1-33-22(29-31-32-33)42-7-9-4-34-19(38)16(20(34)40-6-9)28-18(37)15(13-8-41-21(25)27-13)30-39-5-14(35)26-12-3-10(23)2-11(24)17(12)36/h2-4,8,16,20,36H,5-7H2,1H3,(H2,25,27)(H,26,35)(H,28,37)/t16?,20-/m1/s1. The predicted octanol–water partition coefficient (Wildman–Crippen LogP) is 1.70. The van der Waals surface area contributed by atoms with Gasteiger partial charge < -0.3 is 31.2 Å². The zero-order valence-corrected chi connectivity index (χ0v) is 25.3. The number of nitrogens with two attached hydrogens (primary N) is 1. The molecule has 5 rings (SSSR count). The molecule has 0 aliphatic carbocycles. The number of hydrogen-bond donors (Lipinski definition) is 4. The number of hydrogen-bond acceptors (Lipinski definition) is 14. The average Bonchev–Trinajstić information content (AvgIpc) is 3.58. The van der Waals surface area contributed by atoms with Gasteiger partial charge in [0.1, 0.15) is 17.1 Å². The molecule has 1 unspecified atom stereocenters. The summed E-state index contributed by atoms with van der Waals surface area (Å²) in [7, 11) is 1.75. The SMILES string of the molecule is Cn1nnnc1SCC1=CN2C(=O)C(NC(=O)C(=NOCC(=O)Nc3cc(Cl)cc(Cl)c3O)c3csc(N)n3)[C@H]2SC1. The number of rotatable bonds is 10. The average molecular weight is 672 g/mol. The summed E-state index contributed by atoms with van der Waals surface area (Å²) in [5, 5.41) is 32.4. The van der Waals surface area contributed by atoms with E-state index in [2.05, 4.69) is 36.3 Å². The highest BCUT2D eigenvalue weighted by Gasteiger charge is 2.49. The molecule has 3 aromatic rings. The number of phenols is 1. The quantitative estimate of drug-likeness (QED) is 0.0800. The molecule has 4 heterocycles. The molecule has 3 amide bonds. The van der Waals surface area contributed by atoms with Gasteiger partial charge in [0, 0.05) is 35.2 Å². The lowest BCUT2D eigenvalue weighted by Gasteiger charge is -2.47. The van der Waals surface area contributed by atoms with Gasteiger partial charge in [-0.15, -0.1) is 28.2 Å². The molecule has 1 saturated heterocycles. The van der Waals surface area contributed by atoms with Crippen LogP contribution in [0.15, 0.2) is 39.6 Å². The van der Waals surface area contributed by atoms with Crippen LogP contribution in [0, 0.1) is 0 Å². The van der Waals surface area contributed by atoms with Gasteiger partial charge in [-0.1, -0.05) is 40.1 Å². The number of amides is 3. The van der Waals surface area contributed by atoms with Crippen molar-refractivity contribution in [1.29, 1.82) is 0 Å². The normalized spacial score (nSPS) is 18.2. The number of carbonyl (C=O) groups is 3. The van der Waals surface area contributed by atoms with E-state index in [1.54, 1.807) is 22.8 Å². The van der Waals surface area contributed by atoms with E-state index in [0.717, 1.165) is 16.9 Å². The maximum atomic E-state index is 13.2. The number of carbonyl (C=O) groups excluding carboxylic acids is 3. The minimum absolute atomic E-state index is 0.0326. The van der Waals surface area contributed by atoms with Crippen LogP contribution in [0.3, 0.4) is 0 Å². The van der Waals surface area contributed by atoms with Crippen molar-refractivity contribution in [3.63, 3.8) is 0 Å². The van der Waals surface area contributed by atoms with Crippen LogP contribution in [0.2, 0.25) is 10.0 Å². The van der Waals surface area contributed by atoms with Gasteiger partial charge >= 0.3 is 0 Å². The van der Waals surface area contributed by atoms with E-state index in [9.17, 15) is 19.5 Å². The second-order valence-corrected chi connectivity index (χ2v) is 12.5. The Balaban J connectivity index is 1.21. The van der Waals surface area contributed by atoms with Crippen LogP contribution in [0.1, 0.15) is 5.69 Å². The van der Waals surface area contributed by atoms with E-state index in [4.69, 9.17) is 33.8 Å². The fraction of sp³-hybridized carbons (Fsp3) is 0.273. The van der Waals surface area contributed by atoms with Gasteiger partial charge in [-0.3, -0.25) is 14.4 Å². The number of thioether (sulfide) groups is 2. The summed E-state index contributed by atoms with van der Waals surface area (Å²) in [6.07, 6.45) is 1.78. The van der Waals surface area contributed by atoms with Gasteiger partial charge in [0.15, 0.2) is 23.2 Å². The third kappa shape index (κ3) is 6.57. The summed E-state index contributed by atoms with van der Waals surface area (Å²) in [5.41, 5.74) is 6.54. The predicted molar refractivity (Wildman–Crippen MR) is 158 cm³/mol. The molecule has 1 fully saturated rings. The van der Waals surface area contributed by atoms with Crippen LogP contribution in [-0.2, 0) is 26.3 Å².